The molecule has 0 heterocycles. The molecule has 1 N–H and O–H groups in total. The number of phenols is 1. The third-order valence-electron chi connectivity index (χ3n) is 1.75. The standard InChI is InChI=1S/C11H15NO/c1-8(2)12-9(3)10-6-4-5-7-11(10)13/h4-8,13H,1-3H3. The highest BCUT2D eigenvalue weighted by atomic mass is 16.3. The van der Waals surface area contributed by atoms with E-state index in [-0.39, 0.29) is 6.04 Å². The van der Waals surface area contributed by atoms with Crippen LogP contribution in [-0.4, -0.2) is 16.9 Å². The lowest BCUT2D eigenvalue weighted by Gasteiger charge is -2.05. The Morgan fingerprint density at radius 2 is 1.92 bits per heavy atom. The molecule has 1 rings (SSSR count). The van der Waals surface area contributed by atoms with Gasteiger partial charge in [-0.25, -0.2) is 0 Å². The predicted molar refractivity (Wildman–Crippen MR) is 55.5 cm³/mol. The number of para-hydroxylation sites is 1. The van der Waals surface area contributed by atoms with Crippen LogP contribution in [0.3, 0.4) is 0 Å². The Balaban J connectivity index is 3.02. The van der Waals surface area contributed by atoms with Crippen molar-refractivity contribution < 1.29 is 5.11 Å². The molecule has 0 fully saturated rings. The number of aliphatic imine (C=N–C) groups is 1. The van der Waals surface area contributed by atoms with Gasteiger partial charge in [0.05, 0.1) is 0 Å². The maximum atomic E-state index is 9.51. The van der Waals surface area contributed by atoms with Gasteiger partial charge in [0.15, 0.2) is 0 Å². The van der Waals surface area contributed by atoms with Gasteiger partial charge in [-0.1, -0.05) is 12.1 Å². The summed E-state index contributed by atoms with van der Waals surface area (Å²) in [5, 5.41) is 9.51. The van der Waals surface area contributed by atoms with Crippen molar-refractivity contribution in [2.75, 3.05) is 0 Å². The average molecular weight is 177 g/mol. The molecule has 0 aromatic heterocycles. The summed E-state index contributed by atoms with van der Waals surface area (Å²) in [6.07, 6.45) is 0. The van der Waals surface area contributed by atoms with Gasteiger partial charge in [0.25, 0.3) is 0 Å². The molecule has 1 aromatic rings. The van der Waals surface area contributed by atoms with Crippen LogP contribution in [0.2, 0.25) is 0 Å². The predicted octanol–water partition coefficient (Wildman–Crippen LogP) is 2.61. The lowest BCUT2D eigenvalue weighted by molar-refractivity contribution is 0.474. The Morgan fingerprint density at radius 3 is 2.46 bits per heavy atom. The van der Waals surface area contributed by atoms with Gasteiger partial charge in [0.1, 0.15) is 5.75 Å². The summed E-state index contributed by atoms with van der Waals surface area (Å²) in [5.41, 5.74) is 1.70. The number of hydrogen-bond donors (Lipinski definition) is 1. The van der Waals surface area contributed by atoms with Crippen molar-refractivity contribution in [1.29, 1.82) is 0 Å². The Labute approximate surface area is 78.9 Å². The van der Waals surface area contributed by atoms with Gasteiger partial charge < -0.3 is 5.11 Å². The minimum atomic E-state index is 0.264. The fourth-order valence-corrected chi connectivity index (χ4v) is 1.24. The maximum absolute atomic E-state index is 9.51. The summed E-state index contributed by atoms with van der Waals surface area (Å²) >= 11 is 0. The number of benzene rings is 1. The molecular weight excluding hydrogens is 162 g/mol. The smallest absolute Gasteiger partial charge is 0.124 e. The van der Waals surface area contributed by atoms with E-state index in [4.69, 9.17) is 0 Å². The first-order valence-corrected chi connectivity index (χ1v) is 4.44. The monoisotopic (exact) mass is 177 g/mol. The van der Waals surface area contributed by atoms with Gasteiger partial charge in [0, 0.05) is 17.3 Å². The lowest BCUT2D eigenvalue weighted by atomic mass is 10.1. The van der Waals surface area contributed by atoms with Crippen LogP contribution in [0.1, 0.15) is 26.3 Å². The molecule has 0 aliphatic heterocycles. The summed E-state index contributed by atoms with van der Waals surface area (Å²) < 4.78 is 0. The molecule has 0 amide bonds. The van der Waals surface area contributed by atoms with E-state index in [1.54, 1.807) is 6.07 Å². The van der Waals surface area contributed by atoms with Crippen LogP contribution >= 0.6 is 0 Å². The molecule has 0 radical (unpaired) electrons. The Bertz CT molecular complexity index is 316. The Hall–Kier alpha value is -1.31. The van der Waals surface area contributed by atoms with Gasteiger partial charge in [-0.3, -0.25) is 4.99 Å². The minimum Gasteiger partial charge on any atom is -0.507 e. The normalized spacial score (nSPS) is 12.2. The van der Waals surface area contributed by atoms with Crippen LogP contribution in [0.25, 0.3) is 0 Å². The molecule has 0 saturated carbocycles. The fourth-order valence-electron chi connectivity index (χ4n) is 1.24. The van der Waals surface area contributed by atoms with Crippen LogP contribution in [-0.2, 0) is 0 Å². The number of rotatable bonds is 2. The average Bonchev–Trinajstić information content (AvgIpc) is 2.03. The summed E-state index contributed by atoms with van der Waals surface area (Å²) in [4.78, 5) is 4.37. The number of nitrogens with zero attached hydrogens (tertiary/aromatic N) is 1. The van der Waals surface area contributed by atoms with Crippen molar-refractivity contribution in [3.8, 4) is 5.75 Å². The molecule has 0 spiro atoms. The zero-order chi connectivity index (χ0) is 9.84. The molecule has 2 heteroatoms. The van der Waals surface area contributed by atoms with Crippen molar-refractivity contribution in [3.63, 3.8) is 0 Å². The summed E-state index contributed by atoms with van der Waals surface area (Å²) in [5.74, 6) is 0.296. The number of hydrogen-bond acceptors (Lipinski definition) is 2. The van der Waals surface area contributed by atoms with Crippen LogP contribution in [0.5, 0.6) is 5.75 Å². The van der Waals surface area contributed by atoms with Gasteiger partial charge in [-0.15, -0.1) is 0 Å². The highest BCUT2D eigenvalue weighted by Gasteiger charge is 2.02. The molecule has 1 aromatic carbocycles. The number of aromatic hydroxyl groups is 1. The fraction of sp³-hybridized carbons (Fsp3) is 0.364. The molecule has 13 heavy (non-hydrogen) atoms. The molecule has 0 atom stereocenters. The van der Waals surface area contributed by atoms with Gasteiger partial charge in [0.2, 0.25) is 0 Å². The van der Waals surface area contributed by atoms with Crippen molar-refractivity contribution in [2.45, 2.75) is 26.8 Å². The molecule has 0 unspecified atom stereocenters. The van der Waals surface area contributed by atoms with Gasteiger partial charge in [-0.2, -0.15) is 0 Å². The SMILES string of the molecule is CC(=NC(C)C)c1ccccc1O. The van der Waals surface area contributed by atoms with E-state index in [0.717, 1.165) is 11.3 Å². The minimum absolute atomic E-state index is 0.264. The van der Waals surface area contributed by atoms with Crippen LogP contribution < -0.4 is 0 Å². The van der Waals surface area contributed by atoms with Crippen molar-refractivity contribution in [1.82, 2.24) is 0 Å². The van der Waals surface area contributed by atoms with E-state index in [1.807, 2.05) is 39.0 Å². The second-order valence-corrected chi connectivity index (χ2v) is 3.33. The van der Waals surface area contributed by atoms with Crippen LogP contribution in [0.4, 0.5) is 0 Å². The molecule has 0 aliphatic carbocycles. The highest BCUT2D eigenvalue weighted by Crippen LogP contribution is 2.16. The highest BCUT2D eigenvalue weighted by molar-refractivity contribution is 6.01. The second kappa shape index (κ2) is 4.08. The zero-order valence-corrected chi connectivity index (χ0v) is 8.28. The quantitative estimate of drug-likeness (QED) is 0.692. The van der Waals surface area contributed by atoms with Gasteiger partial charge >= 0.3 is 0 Å². The van der Waals surface area contributed by atoms with E-state index in [0.29, 0.717) is 5.75 Å². The van der Waals surface area contributed by atoms with Crippen LogP contribution in [0, 0.1) is 0 Å². The van der Waals surface area contributed by atoms with E-state index >= 15 is 0 Å². The first-order chi connectivity index (χ1) is 6.11. The third-order valence-corrected chi connectivity index (χ3v) is 1.75. The maximum Gasteiger partial charge on any atom is 0.124 e. The van der Waals surface area contributed by atoms with Crippen molar-refractivity contribution in [2.24, 2.45) is 4.99 Å². The zero-order valence-electron chi connectivity index (χ0n) is 8.28. The van der Waals surface area contributed by atoms with E-state index in [1.165, 1.54) is 0 Å². The molecule has 0 bridgehead atoms. The first-order valence-electron chi connectivity index (χ1n) is 4.44. The second-order valence-electron chi connectivity index (χ2n) is 3.33. The first kappa shape index (κ1) is 9.78. The van der Waals surface area contributed by atoms with Crippen molar-refractivity contribution >= 4 is 5.71 Å². The molecule has 0 saturated heterocycles. The molecular formula is C11H15NO. The van der Waals surface area contributed by atoms with Gasteiger partial charge in [-0.05, 0) is 32.9 Å². The molecule has 70 valence electrons. The largest absolute Gasteiger partial charge is 0.507 e. The summed E-state index contributed by atoms with van der Waals surface area (Å²) in [7, 11) is 0. The number of phenolic OH excluding ortho intramolecular Hbond substituents is 1. The van der Waals surface area contributed by atoms with Crippen LogP contribution in [0.15, 0.2) is 29.3 Å². The molecule has 0 aliphatic rings. The Kier molecular flexibility index (Phi) is 3.07. The third kappa shape index (κ3) is 2.58. The van der Waals surface area contributed by atoms with E-state index in [2.05, 4.69) is 4.99 Å². The van der Waals surface area contributed by atoms with Crippen molar-refractivity contribution in [3.05, 3.63) is 29.8 Å². The topological polar surface area (TPSA) is 32.6 Å². The summed E-state index contributed by atoms with van der Waals surface area (Å²) in [6.45, 7) is 5.95. The Morgan fingerprint density at radius 1 is 1.31 bits per heavy atom. The van der Waals surface area contributed by atoms with E-state index in [9.17, 15) is 5.11 Å². The summed E-state index contributed by atoms with van der Waals surface area (Å²) in [6, 6.07) is 7.51. The molecule has 2 nitrogen and oxygen atoms in total. The van der Waals surface area contributed by atoms with E-state index < -0.39 is 0 Å². The lowest BCUT2D eigenvalue weighted by Crippen LogP contribution is -2.00.